The number of benzene rings is 1. The van der Waals surface area contributed by atoms with Gasteiger partial charge in [-0.25, -0.2) is 0 Å². The van der Waals surface area contributed by atoms with Crippen molar-refractivity contribution >= 4 is 17.9 Å². The highest BCUT2D eigenvalue weighted by Gasteiger charge is 2.21. The fraction of sp³-hybridized carbons (Fsp3) is 0.500. The minimum Gasteiger partial charge on any atom is -0.489 e. The maximum Gasteiger partial charge on any atom is 0.138 e. The van der Waals surface area contributed by atoms with E-state index in [0.29, 0.717) is 17.2 Å². The van der Waals surface area contributed by atoms with E-state index < -0.39 is 0 Å². The van der Waals surface area contributed by atoms with Crippen molar-refractivity contribution in [2.24, 2.45) is 0 Å². The molecule has 0 bridgehead atoms. The highest BCUT2D eigenvalue weighted by Crippen LogP contribution is 2.33. The Morgan fingerprint density at radius 3 is 2.53 bits per heavy atom. The van der Waals surface area contributed by atoms with Crippen molar-refractivity contribution in [3.63, 3.8) is 0 Å². The third-order valence-electron chi connectivity index (χ3n) is 2.67. The van der Waals surface area contributed by atoms with E-state index in [0.717, 1.165) is 11.8 Å². The zero-order valence-corrected chi connectivity index (χ0v) is 11.5. The second-order valence-corrected chi connectivity index (χ2v) is 5.47. The largest absolute Gasteiger partial charge is 0.489 e. The highest BCUT2D eigenvalue weighted by atomic mass is 35.5. The summed E-state index contributed by atoms with van der Waals surface area (Å²) in [5.74, 6) is 0.687. The van der Waals surface area contributed by atoms with E-state index in [4.69, 9.17) is 16.3 Å². The molecule has 3 heteroatoms. The Bertz CT molecular complexity index is 397. The fourth-order valence-electron chi connectivity index (χ4n) is 1.60. The van der Waals surface area contributed by atoms with Gasteiger partial charge in [-0.15, -0.1) is 0 Å². The van der Waals surface area contributed by atoms with Gasteiger partial charge in [0.1, 0.15) is 12.0 Å². The van der Waals surface area contributed by atoms with Gasteiger partial charge in [0.25, 0.3) is 0 Å². The van der Waals surface area contributed by atoms with Crippen molar-refractivity contribution in [1.82, 2.24) is 0 Å². The molecular weight excluding hydrogens is 236 g/mol. The molecule has 0 spiro atoms. The Kier molecular flexibility index (Phi) is 4.58. The third-order valence-corrected chi connectivity index (χ3v) is 2.97. The minimum absolute atomic E-state index is 0.0985. The fourth-order valence-corrected chi connectivity index (χ4v) is 1.82. The first-order valence-electron chi connectivity index (χ1n) is 5.77. The molecule has 94 valence electrons. The number of ether oxygens (including phenoxy) is 1. The lowest BCUT2D eigenvalue weighted by atomic mass is 9.82. The van der Waals surface area contributed by atoms with Gasteiger partial charge in [-0.3, -0.25) is 0 Å². The van der Waals surface area contributed by atoms with Crippen LogP contribution in [0.4, 0.5) is 0 Å². The molecular formula is C14H19ClO2. The van der Waals surface area contributed by atoms with Crippen LogP contribution in [0, 0.1) is 0 Å². The van der Waals surface area contributed by atoms with Crippen molar-refractivity contribution in [3.05, 3.63) is 28.8 Å². The van der Waals surface area contributed by atoms with Crippen LogP contribution >= 0.6 is 11.6 Å². The summed E-state index contributed by atoms with van der Waals surface area (Å²) in [7, 11) is 0. The lowest BCUT2D eigenvalue weighted by Crippen LogP contribution is -2.17. The monoisotopic (exact) mass is 254 g/mol. The molecule has 0 aromatic heterocycles. The van der Waals surface area contributed by atoms with Crippen LogP contribution in [-0.2, 0) is 10.2 Å². The third kappa shape index (κ3) is 3.74. The van der Waals surface area contributed by atoms with Crippen LogP contribution in [0.3, 0.4) is 0 Å². The van der Waals surface area contributed by atoms with Crippen LogP contribution in [0.5, 0.6) is 5.75 Å². The molecule has 0 aliphatic heterocycles. The quantitative estimate of drug-likeness (QED) is 0.743. The van der Waals surface area contributed by atoms with Crippen LogP contribution in [-0.4, -0.2) is 12.4 Å². The molecule has 1 rings (SSSR count). The van der Waals surface area contributed by atoms with Gasteiger partial charge in [0.15, 0.2) is 0 Å². The molecule has 0 atom stereocenters. The van der Waals surface area contributed by atoms with E-state index in [1.54, 1.807) is 0 Å². The van der Waals surface area contributed by atoms with E-state index in [9.17, 15) is 4.79 Å². The molecule has 0 aliphatic rings. The number of aldehydes is 1. The summed E-state index contributed by atoms with van der Waals surface area (Å²) in [5, 5.41) is 0.593. The Morgan fingerprint density at radius 2 is 2.06 bits per heavy atom. The predicted molar refractivity (Wildman–Crippen MR) is 70.9 cm³/mol. The molecule has 0 aliphatic carbocycles. The van der Waals surface area contributed by atoms with E-state index in [-0.39, 0.29) is 11.5 Å². The zero-order chi connectivity index (χ0) is 13.1. The molecule has 0 unspecified atom stereocenters. The number of hydrogen-bond acceptors (Lipinski definition) is 2. The number of carbonyl (C=O) groups is 1. The van der Waals surface area contributed by atoms with E-state index in [1.165, 1.54) is 0 Å². The smallest absolute Gasteiger partial charge is 0.138 e. The van der Waals surface area contributed by atoms with Crippen LogP contribution in [0.1, 0.15) is 39.7 Å². The standard InChI is InChI=1S/C14H19ClO2/c1-10(2)17-13-6-5-11(9-12(13)15)14(3,4)7-8-16/h5-6,8-10H,7H2,1-4H3. The van der Waals surface area contributed by atoms with Crippen LogP contribution in [0.15, 0.2) is 18.2 Å². The molecule has 1 aromatic rings. The molecule has 17 heavy (non-hydrogen) atoms. The number of halogens is 1. The maximum atomic E-state index is 10.6. The second-order valence-electron chi connectivity index (χ2n) is 5.07. The highest BCUT2D eigenvalue weighted by molar-refractivity contribution is 6.32. The number of hydrogen-bond donors (Lipinski definition) is 0. The lowest BCUT2D eigenvalue weighted by Gasteiger charge is -2.23. The first-order chi connectivity index (χ1) is 7.86. The zero-order valence-electron chi connectivity index (χ0n) is 10.8. The van der Waals surface area contributed by atoms with Gasteiger partial charge in [0.2, 0.25) is 0 Å². The number of rotatable bonds is 5. The SMILES string of the molecule is CC(C)Oc1ccc(C(C)(C)CC=O)cc1Cl. The van der Waals surface area contributed by atoms with Gasteiger partial charge in [-0.2, -0.15) is 0 Å². The maximum absolute atomic E-state index is 10.6. The number of carbonyl (C=O) groups excluding carboxylic acids is 1. The normalized spacial score (nSPS) is 11.6. The summed E-state index contributed by atoms with van der Waals surface area (Å²) < 4.78 is 5.57. The predicted octanol–water partition coefficient (Wildman–Crippen LogP) is 3.99. The minimum atomic E-state index is -0.193. The molecule has 0 saturated carbocycles. The average Bonchev–Trinajstić information content (AvgIpc) is 2.20. The Morgan fingerprint density at radius 1 is 1.41 bits per heavy atom. The topological polar surface area (TPSA) is 26.3 Å². The van der Waals surface area contributed by atoms with E-state index in [2.05, 4.69) is 0 Å². The summed E-state index contributed by atoms with van der Waals surface area (Å²) in [5.41, 5.74) is 0.854. The van der Waals surface area contributed by atoms with Crippen LogP contribution < -0.4 is 4.74 Å². The van der Waals surface area contributed by atoms with Crippen LogP contribution in [0.2, 0.25) is 5.02 Å². The molecule has 0 N–H and O–H groups in total. The first-order valence-corrected chi connectivity index (χ1v) is 6.15. The second kappa shape index (κ2) is 5.54. The van der Waals surface area contributed by atoms with Gasteiger partial charge in [-0.05, 0) is 37.0 Å². The van der Waals surface area contributed by atoms with E-state index >= 15 is 0 Å². The lowest BCUT2D eigenvalue weighted by molar-refractivity contribution is -0.108. The molecule has 0 heterocycles. The molecule has 1 aromatic carbocycles. The molecule has 0 radical (unpaired) electrons. The molecule has 0 fully saturated rings. The van der Waals surface area contributed by atoms with Gasteiger partial charge >= 0.3 is 0 Å². The van der Waals surface area contributed by atoms with Crippen molar-refractivity contribution in [2.45, 2.75) is 45.6 Å². The van der Waals surface area contributed by atoms with Crippen molar-refractivity contribution in [3.8, 4) is 5.75 Å². The van der Waals surface area contributed by atoms with Crippen molar-refractivity contribution in [2.75, 3.05) is 0 Å². The molecule has 0 amide bonds. The summed E-state index contributed by atoms with van der Waals surface area (Å²) in [6.07, 6.45) is 1.52. The van der Waals surface area contributed by atoms with Gasteiger partial charge in [0, 0.05) is 6.42 Å². The summed E-state index contributed by atoms with van der Waals surface area (Å²) in [4.78, 5) is 10.6. The summed E-state index contributed by atoms with van der Waals surface area (Å²) in [6.45, 7) is 7.97. The van der Waals surface area contributed by atoms with Gasteiger partial charge in [-0.1, -0.05) is 31.5 Å². The Labute approximate surface area is 108 Å². The molecule has 2 nitrogen and oxygen atoms in total. The van der Waals surface area contributed by atoms with Crippen molar-refractivity contribution in [1.29, 1.82) is 0 Å². The molecule has 0 saturated heterocycles. The first kappa shape index (κ1) is 14.0. The van der Waals surface area contributed by atoms with Crippen molar-refractivity contribution < 1.29 is 9.53 Å². The van der Waals surface area contributed by atoms with Gasteiger partial charge < -0.3 is 9.53 Å². The summed E-state index contributed by atoms with van der Waals surface area (Å²) >= 11 is 6.17. The van der Waals surface area contributed by atoms with Gasteiger partial charge in [0.05, 0.1) is 11.1 Å². The Hall–Kier alpha value is -1.02. The summed E-state index contributed by atoms with van der Waals surface area (Å²) in [6, 6.07) is 5.71. The van der Waals surface area contributed by atoms with E-state index in [1.807, 2.05) is 45.9 Å². The van der Waals surface area contributed by atoms with Crippen LogP contribution in [0.25, 0.3) is 0 Å². The Balaban J connectivity index is 2.99. The average molecular weight is 255 g/mol.